The van der Waals surface area contributed by atoms with E-state index >= 15 is 0 Å². The molecule has 0 saturated heterocycles. The summed E-state index contributed by atoms with van der Waals surface area (Å²) in [7, 11) is 4.15. The van der Waals surface area contributed by atoms with Gasteiger partial charge in [-0.05, 0) is 46.8 Å². The lowest BCUT2D eigenvalue weighted by Gasteiger charge is -2.08. The van der Waals surface area contributed by atoms with Crippen LogP contribution < -0.4 is 0 Å². The first-order chi connectivity index (χ1) is 7.13. The Morgan fingerprint density at radius 1 is 1.13 bits per heavy atom. The Hall–Kier alpha value is -0.410. The normalized spacial score (nSPS) is 9.73. The number of carbonyl (C=O) groups excluding carboxylic acids is 1. The first-order valence-corrected chi connectivity index (χ1v) is 5.85. The van der Waals surface area contributed by atoms with Crippen LogP contribution in [0.5, 0.6) is 0 Å². The topological polar surface area (TPSA) is 29.5 Å². The van der Waals surface area contributed by atoms with Gasteiger partial charge in [0.1, 0.15) is 6.61 Å². The highest BCUT2D eigenvalue weighted by atomic mass is 16.5. The summed E-state index contributed by atoms with van der Waals surface area (Å²) in [5.74, 6) is 0.105. The third-order valence-electron chi connectivity index (χ3n) is 1.70. The predicted molar refractivity (Wildman–Crippen MR) is 65.3 cm³/mol. The van der Waals surface area contributed by atoms with E-state index in [2.05, 4.69) is 19.0 Å². The Labute approximate surface area is 94.8 Å². The van der Waals surface area contributed by atoms with Gasteiger partial charge < -0.3 is 9.64 Å². The van der Waals surface area contributed by atoms with Gasteiger partial charge in [0.2, 0.25) is 0 Å². The summed E-state index contributed by atoms with van der Waals surface area (Å²) in [6.07, 6.45) is 3.44. The van der Waals surface area contributed by atoms with Crippen LogP contribution in [0.25, 0.3) is 0 Å². The molecule has 0 aliphatic heterocycles. The Kier molecular flexibility index (Phi) is 15.4. The summed E-state index contributed by atoms with van der Waals surface area (Å²) in [6, 6.07) is 0. The second-order valence-electron chi connectivity index (χ2n) is 3.62. The van der Waals surface area contributed by atoms with Gasteiger partial charge in [0, 0.05) is 6.61 Å². The first-order valence-electron chi connectivity index (χ1n) is 5.85. The van der Waals surface area contributed by atoms with Crippen LogP contribution in [0.4, 0.5) is 0 Å². The minimum absolute atomic E-state index is 0.105. The van der Waals surface area contributed by atoms with E-state index in [-0.39, 0.29) is 12.4 Å². The van der Waals surface area contributed by atoms with Gasteiger partial charge in [-0.15, -0.1) is 0 Å². The molecule has 0 aromatic carbocycles. The fourth-order valence-corrected chi connectivity index (χ4v) is 1.02. The number of ketones is 1. The highest BCUT2D eigenvalue weighted by Crippen LogP contribution is 1.96. The lowest BCUT2D eigenvalue weighted by molar-refractivity contribution is -0.121. The molecule has 0 aliphatic rings. The average molecular weight is 217 g/mol. The molecule has 0 saturated carbocycles. The number of carbonyl (C=O) groups is 1. The molecule has 0 amide bonds. The van der Waals surface area contributed by atoms with E-state index in [0.29, 0.717) is 6.61 Å². The van der Waals surface area contributed by atoms with E-state index in [0.717, 1.165) is 13.0 Å². The highest BCUT2D eigenvalue weighted by molar-refractivity contribution is 5.76. The van der Waals surface area contributed by atoms with Crippen LogP contribution >= 0.6 is 0 Å². The van der Waals surface area contributed by atoms with Gasteiger partial charge in [-0.25, -0.2) is 0 Å². The maximum absolute atomic E-state index is 10.5. The van der Waals surface area contributed by atoms with E-state index in [9.17, 15) is 4.79 Å². The molecule has 0 aliphatic carbocycles. The molecule has 0 spiro atoms. The number of hydrogen-bond acceptors (Lipinski definition) is 3. The summed E-state index contributed by atoms with van der Waals surface area (Å²) in [5, 5.41) is 0. The minimum atomic E-state index is 0.105. The second kappa shape index (κ2) is 13.6. The fourth-order valence-electron chi connectivity index (χ4n) is 1.02. The number of rotatable bonds is 8. The van der Waals surface area contributed by atoms with Crippen molar-refractivity contribution < 1.29 is 9.53 Å². The maximum atomic E-state index is 10.5. The monoisotopic (exact) mass is 217 g/mol. The SMILES string of the molecule is CC.CC(=O)COCCCCCN(C)C. The molecule has 0 rings (SSSR count). The molecule has 0 aromatic rings. The molecular formula is C12H27NO2. The van der Waals surface area contributed by atoms with Crippen LogP contribution in [0.15, 0.2) is 0 Å². The Morgan fingerprint density at radius 2 is 1.73 bits per heavy atom. The molecule has 0 heterocycles. The lowest BCUT2D eigenvalue weighted by atomic mass is 10.2. The number of Topliss-reactive ketones (excluding diaryl/α,β-unsaturated/α-hetero) is 1. The number of ether oxygens (including phenoxy) is 1. The molecule has 0 unspecified atom stereocenters. The van der Waals surface area contributed by atoms with Crippen molar-refractivity contribution in [3.05, 3.63) is 0 Å². The second-order valence-corrected chi connectivity index (χ2v) is 3.62. The van der Waals surface area contributed by atoms with Gasteiger partial charge in [0.25, 0.3) is 0 Å². The van der Waals surface area contributed by atoms with Crippen molar-refractivity contribution >= 4 is 5.78 Å². The zero-order chi connectivity index (χ0) is 12.1. The lowest BCUT2D eigenvalue weighted by Crippen LogP contribution is -2.13. The smallest absolute Gasteiger partial charge is 0.155 e. The molecule has 3 nitrogen and oxygen atoms in total. The number of nitrogens with zero attached hydrogens (tertiary/aromatic N) is 1. The molecule has 92 valence electrons. The molecular weight excluding hydrogens is 190 g/mol. The first kappa shape index (κ1) is 17.0. The maximum Gasteiger partial charge on any atom is 0.155 e. The van der Waals surface area contributed by atoms with Gasteiger partial charge >= 0.3 is 0 Å². The summed E-state index contributed by atoms with van der Waals surface area (Å²) in [6.45, 7) is 7.67. The molecule has 15 heavy (non-hydrogen) atoms. The standard InChI is InChI=1S/C10H21NO2.C2H6/c1-10(12)9-13-8-6-4-5-7-11(2)3;1-2/h4-9H2,1-3H3;1-2H3. The van der Waals surface area contributed by atoms with E-state index in [1.54, 1.807) is 6.92 Å². The van der Waals surface area contributed by atoms with Crippen molar-refractivity contribution in [2.75, 3.05) is 33.9 Å². The van der Waals surface area contributed by atoms with Crippen LogP contribution in [-0.4, -0.2) is 44.5 Å². The van der Waals surface area contributed by atoms with Gasteiger partial charge in [-0.2, -0.15) is 0 Å². The highest BCUT2D eigenvalue weighted by Gasteiger charge is 1.94. The van der Waals surface area contributed by atoms with E-state index in [4.69, 9.17) is 4.74 Å². The molecule has 0 radical (unpaired) electrons. The fraction of sp³-hybridized carbons (Fsp3) is 0.917. The van der Waals surface area contributed by atoms with E-state index in [1.807, 2.05) is 13.8 Å². The Balaban J connectivity index is 0. The summed E-state index contributed by atoms with van der Waals surface area (Å²) in [4.78, 5) is 12.7. The summed E-state index contributed by atoms with van der Waals surface area (Å²) >= 11 is 0. The Morgan fingerprint density at radius 3 is 2.20 bits per heavy atom. The van der Waals surface area contributed by atoms with Crippen LogP contribution in [-0.2, 0) is 9.53 Å². The van der Waals surface area contributed by atoms with Crippen molar-refractivity contribution in [2.45, 2.75) is 40.0 Å². The van der Waals surface area contributed by atoms with Gasteiger partial charge in [0.05, 0.1) is 0 Å². The van der Waals surface area contributed by atoms with Gasteiger partial charge in [0.15, 0.2) is 5.78 Å². The van der Waals surface area contributed by atoms with E-state index < -0.39 is 0 Å². The van der Waals surface area contributed by atoms with Crippen molar-refractivity contribution in [1.29, 1.82) is 0 Å². The molecule has 3 heteroatoms. The van der Waals surface area contributed by atoms with E-state index in [1.165, 1.54) is 12.8 Å². The van der Waals surface area contributed by atoms with Crippen LogP contribution in [0, 0.1) is 0 Å². The van der Waals surface area contributed by atoms with Crippen molar-refractivity contribution in [2.24, 2.45) is 0 Å². The molecule has 0 N–H and O–H groups in total. The van der Waals surface area contributed by atoms with Crippen molar-refractivity contribution in [1.82, 2.24) is 4.90 Å². The molecule has 0 bridgehead atoms. The van der Waals surface area contributed by atoms with Gasteiger partial charge in [-0.3, -0.25) is 4.79 Å². The third-order valence-corrected chi connectivity index (χ3v) is 1.70. The molecule has 0 fully saturated rings. The number of unbranched alkanes of at least 4 members (excludes halogenated alkanes) is 2. The van der Waals surface area contributed by atoms with Crippen LogP contribution in [0.3, 0.4) is 0 Å². The molecule has 0 aromatic heterocycles. The number of hydrogen-bond donors (Lipinski definition) is 0. The van der Waals surface area contributed by atoms with Crippen LogP contribution in [0.1, 0.15) is 40.0 Å². The minimum Gasteiger partial charge on any atom is -0.374 e. The largest absolute Gasteiger partial charge is 0.374 e. The van der Waals surface area contributed by atoms with Crippen molar-refractivity contribution in [3.8, 4) is 0 Å². The third kappa shape index (κ3) is 19.8. The zero-order valence-corrected chi connectivity index (χ0v) is 11.0. The average Bonchev–Trinajstić information content (AvgIpc) is 2.18. The predicted octanol–water partition coefficient (Wildman–Crippen LogP) is 2.35. The van der Waals surface area contributed by atoms with Crippen LogP contribution in [0.2, 0.25) is 0 Å². The quantitative estimate of drug-likeness (QED) is 0.585. The van der Waals surface area contributed by atoms with Gasteiger partial charge in [-0.1, -0.05) is 13.8 Å². The van der Waals surface area contributed by atoms with Crippen molar-refractivity contribution in [3.63, 3.8) is 0 Å². The summed E-state index contributed by atoms with van der Waals surface area (Å²) in [5.41, 5.74) is 0. The Bertz CT molecular complexity index is 136. The molecule has 0 atom stereocenters. The summed E-state index contributed by atoms with van der Waals surface area (Å²) < 4.78 is 5.14. The zero-order valence-electron chi connectivity index (χ0n) is 11.0.